The van der Waals surface area contributed by atoms with Crippen molar-refractivity contribution < 1.29 is 17.2 Å². The van der Waals surface area contributed by atoms with Crippen molar-refractivity contribution in [3.63, 3.8) is 0 Å². The summed E-state index contributed by atoms with van der Waals surface area (Å²) in [4.78, 5) is 2.23. The first-order chi connectivity index (χ1) is 7.44. The van der Waals surface area contributed by atoms with Crippen LogP contribution in [0, 0.1) is 0 Å². The molecule has 0 aromatic carbocycles. The molecule has 1 atom stereocenters. The van der Waals surface area contributed by atoms with E-state index in [4.69, 9.17) is 4.55 Å². The van der Waals surface area contributed by atoms with Crippen molar-refractivity contribution in [1.82, 2.24) is 4.90 Å². The monoisotopic (exact) mass is 247 g/mol. The maximum absolute atomic E-state index is 9.33. The number of allylic oxidation sites excluding steroid dienone is 2. The average Bonchev–Trinajstić information content (AvgIpc) is 2.28. The van der Waals surface area contributed by atoms with Crippen LogP contribution in [0.15, 0.2) is 37.1 Å². The summed E-state index contributed by atoms with van der Waals surface area (Å²) in [5.74, 6) is 0. The molecule has 0 aliphatic carbocycles. The lowest BCUT2D eigenvalue weighted by Crippen LogP contribution is -2.28. The number of rotatable bonds is 3. The van der Waals surface area contributed by atoms with Crippen molar-refractivity contribution in [2.24, 2.45) is 0 Å². The van der Waals surface area contributed by atoms with Crippen molar-refractivity contribution in [3.8, 4) is 0 Å². The lowest BCUT2D eigenvalue weighted by atomic mass is 10.2. The van der Waals surface area contributed by atoms with Gasteiger partial charge in [0.15, 0.2) is 0 Å². The maximum Gasteiger partial charge on any atom is 0.397 e. The molecule has 1 aliphatic heterocycles. The van der Waals surface area contributed by atoms with E-state index < -0.39 is 10.4 Å². The minimum atomic E-state index is -4.16. The fourth-order valence-electron chi connectivity index (χ4n) is 1.08. The number of hydrogen-bond donors (Lipinski definition) is 1. The summed E-state index contributed by atoms with van der Waals surface area (Å²) >= 11 is 0. The van der Waals surface area contributed by atoms with Crippen molar-refractivity contribution >= 4 is 10.4 Å². The van der Waals surface area contributed by atoms with E-state index in [1.54, 1.807) is 0 Å². The topological polar surface area (TPSA) is 66.8 Å². The lowest BCUT2D eigenvalue weighted by molar-refractivity contribution is 0.324. The van der Waals surface area contributed by atoms with Crippen LogP contribution in [0.2, 0.25) is 0 Å². The molecule has 1 heterocycles. The first-order valence-electron chi connectivity index (χ1n) is 4.71. The van der Waals surface area contributed by atoms with E-state index in [0.29, 0.717) is 6.04 Å². The van der Waals surface area contributed by atoms with Gasteiger partial charge in [-0.25, -0.2) is 0 Å². The van der Waals surface area contributed by atoms with Crippen LogP contribution in [0.1, 0.15) is 6.92 Å². The number of hydrogen-bond acceptors (Lipinski definition) is 4. The summed E-state index contributed by atoms with van der Waals surface area (Å²) in [5.41, 5.74) is 0. The molecule has 0 saturated carbocycles. The highest BCUT2D eigenvalue weighted by molar-refractivity contribution is 7.80. The summed E-state index contributed by atoms with van der Waals surface area (Å²) < 4.78 is 29.7. The van der Waals surface area contributed by atoms with Crippen LogP contribution in [0.3, 0.4) is 0 Å². The second-order valence-corrected chi connectivity index (χ2v) is 4.07. The summed E-state index contributed by atoms with van der Waals surface area (Å²) in [6.45, 7) is 6.93. The highest BCUT2D eigenvalue weighted by Crippen LogP contribution is 2.07. The van der Waals surface area contributed by atoms with E-state index in [9.17, 15) is 8.42 Å². The molecule has 92 valence electrons. The Morgan fingerprint density at radius 2 is 2.12 bits per heavy atom. The third-order valence-electron chi connectivity index (χ3n) is 1.90. The van der Waals surface area contributed by atoms with E-state index in [1.165, 1.54) is 0 Å². The van der Waals surface area contributed by atoms with Crippen LogP contribution >= 0.6 is 0 Å². The molecule has 0 saturated heterocycles. The van der Waals surface area contributed by atoms with Gasteiger partial charge >= 0.3 is 10.4 Å². The van der Waals surface area contributed by atoms with Crippen LogP contribution < -0.4 is 0 Å². The predicted molar refractivity (Wildman–Crippen MR) is 63.2 cm³/mol. The third kappa shape index (κ3) is 6.39. The molecule has 0 fully saturated rings. The van der Waals surface area contributed by atoms with E-state index in [1.807, 2.05) is 12.2 Å². The molecule has 1 N–H and O–H groups in total. The molecular weight excluding hydrogens is 230 g/mol. The summed E-state index contributed by atoms with van der Waals surface area (Å²) in [5, 5.41) is 0. The van der Waals surface area contributed by atoms with E-state index >= 15 is 0 Å². The molecule has 0 bridgehead atoms. The van der Waals surface area contributed by atoms with Crippen molar-refractivity contribution in [2.75, 3.05) is 13.7 Å². The minimum Gasteiger partial charge on any atom is -0.368 e. The standard InChI is InChI=1S/C9H13N.CH4O4S/c1-3-9-7-5-6-8-10(9)4-2;1-5-6(2,3)4/h3,5-9H,1,4H2,2H3;1H3,(H,2,3,4). The Labute approximate surface area is 96.7 Å². The normalized spacial score (nSPS) is 18.9. The van der Waals surface area contributed by atoms with Crippen LogP contribution in [0.25, 0.3) is 0 Å². The van der Waals surface area contributed by atoms with Gasteiger partial charge < -0.3 is 4.90 Å². The molecular formula is C10H17NO4S. The lowest BCUT2D eigenvalue weighted by Gasteiger charge is -2.26. The van der Waals surface area contributed by atoms with Gasteiger partial charge in [0.25, 0.3) is 0 Å². The van der Waals surface area contributed by atoms with Gasteiger partial charge in [0, 0.05) is 6.54 Å². The first-order valence-corrected chi connectivity index (χ1v) is 6.07. The van der Waals surface area contributed by atoms with Crippen molar-refractivity contribution in [2.45, 2.75) is 13.0 Å². The molecule has 5 nitrogen and oxygen atoms in total. The number of likely N-dealkylation sites (N-methyl/N-ethyl adjacent to an activating group) is 1. The largest absolute Gasteiger partial charge is 0.397 e. The Bertz CT molecular complexity index is 359. The van der Waals surface area contributed by atoms with Crippen LogP contribution in [0.4, 0.5) is 0 Å². The Kier molecular flexibility index (Phi) is 6.71. The smallest absolute Gasteiger partial charge is 0.368 e. The molecule has 0 spiro atoms. The van der Waals surface area contributed by atoms with Gasteiger partial charge in [0.2, 0.25) is 0 Å². The van der Waals surface area contributed by atoms with Gasteiger partial charge in [-0.15, -0.1) is 6.58 Å². The molecule has 0 amide bonds. The Morgan fingerprint density at radius 1 is 1.56 bits per heavy atom. The van der Waals surface area contributed by atoms with Gasteiger partial charge in [-0.05, 0) is 19.2 Å². The van der Waals surface area contributed by atoms with Gasteiger partial charge in [-0.1, -0.05) is 18.2 Å². The molecule has 0 aromatic rings. The van der Waals surface area contributed by atoms with E-state index in [2.05, 4.69) is 40.9 Å². The van der Waals surface area contributed by atoms with Crippen LogP contribution in [0.5, 0.6) is 0 Å². The molecule has 1 rings (SSSR count). The van der Waals surface area contributed by atoms with Crippen molar-refractivity contribution in [3.05, 3.63) is 37.1 Å². The molecule has 16 heavy (non-hydrogen) atoms. The fourth-order valence-corrected chi connectivity index (χ4v) is 1.08. The highest BCUT2D eigenvalue weighted by Gasteiger charge is 2.06. The molecule has 6 heteroatoms. The van der Waals surface area contributed by atoms with Gasteiger partial charge in [0.1, 0.15) is 0 Å². The predicted octanol–water partition coefficient (Wildman–Crippen LogP) is 1.38. The molecule has 0 radical (unpaired) electrons. The van der Waals surface area contributed by atoms with Crippen LogP contribution in [-0.2, 0) is 14.6 Å². The van der Waals surface area contributed by atoms with E-state index in [-0.39, 0.29) is 0 Å². The summed E-state index contributed by atoms with van der Waals surface area (Å²) in [6, 6.07) is 0.398. The van der Waals surface area contributed by atoms with Gasteiger partial charge in [0.05, 0.1) is 13.2 Å². The van der Waals surface area contributed by atoms with Gasteiger partial charge in [-0.2, -0.15) is 8.42 Å². The zero-order valence-electron chi connectivity index (χ0n) is 9.41. The average molecular weight is 247 g/mol. The highest BCUT2D eigenvalue weighted by atomic mass is 32.3. The molecule has 0 aromatic heterocycles. The zero-order chi connectivity index (χ0) is 12.6. The number of nitrogens with zero attached hydrogens (tertiary/aromatic N) is 1. The third-order valence-corrected chi connectivity index (χ3v) is 2.32. The second-order valence-electron chi connectivity index (χ2n) is 2.88. The summed E-state index contributed by atoms with van der Waals surface area (Å²) in [6.07, 6.45) is 10.3. The zero-order valence-corrected chi connectivity index (χ0v) is 10.2. The Hall–Kier alpha value is -1.11. The maximum atomic E-state index is 9.33. The van der Waals surface area contributed by atoms with E-state index in [0.717, 1.165) is 13.7 Å². The quantitative estimate of drug-likeness (QED) is 0.603. The van der Waals surface area contributed by atoms with Crippen LogP contribution in [-0.4, -0.2) is 37.6 Å². The first kappa shape index (κ1) is 14.9. The SMILES string of the molecule is C=CC1C=CC=CN1CC.COS(=O)(=O)O. The fraction of sp³-hybridized carbons (Fsp3) is 0.400. The Balaban J connectivity index is 0.000000325. The molecule has 1 unspecified atom stereocenters. The molecule has 1 aliphatic rings. The van der Waals surface area contributed by atoms with Gasteiger partial charge in [-0.3, -0.25) is 8.74 Å². The minimum absolute atomic E-state index is 0.398. The second kappa shape index (κ2) is 7.21. The van der Waals surface area contributed by atoms with Crippen molar-refractivity contribution in [1.29, 1.82) is 0 Å². The Morgan fingerprint density at radius 3 is 2.44 bits per heavy atom. The summed E-state index contributed by atoms with van der Waals surface area (Å²) in [7, 11) is -3.29.